The van der Waals surface area contributed by atoms with E-state index in [1.165, 1.54) is 6.07 Å². The van der Waals surface area contributed by atoms with Crippen molar-refractivity contribution in [3.8, 4) is 5.75 Å². The fourth-order valence-corrected chi connectivity index (χ4v) is 4.05. The highest BCUT2D eigenvalue weighted by atomic mass is 16.5. The van der Waals surface area contributed by atoms with Gasteiger partial charge < -0.3 is 14.1 Å². The molecule has 2 heterocycles. The number of carbonyl (C=O) groups is 1. The van der Waals surface area contributed by atoms with Gasteiger partial charge in [0.2, 0.25) is 0 Å². The molecule has 0 radical (unpaired) electrons. The van der Waals surface area contributed by atoms with Crippen LogP contribution in [0.4, 0.5) is 5.69 Å². The molecule has 150 valence electrons. The molecule has 0 amide bonds. The van der Waals surface area contributed by atoms with E-state index in [2.05, 4.69) is 6.92 Å². The predicted octanol–water partition coefficient (Wildman–Crippen LogP) is 4.83. The Morgan fingerprint density at radius 1 is 1.10 bits per heavy atom. The van der Waals surface area contributed by atoms with Gasteiger partial charge in [-0.05, 0) is 48.2 Å². The number of anilines is 1. The number of hydrogen-bond acceptors (Lipinski definition) is 5. The summed E-state index contributed by atoms with van der Waals surface area (Å²) in [6.45, 7) is 3.92. The molecular weight excluding hydrogens is 366 g/mol. The zero-order valence-corrected chi connectivity index (χ0v) is 17.2. The smallest absolute Gasteiger partial charge is 0.336 e. The molecule has 29 heavy (non-hydrogen) atoms. The van der Waals surface area contributed by atoms with Crippen LogP contribution in [0.3, 0.4) is 0 Å². The fraction of sp³-hybridized carbons (Fsp3) is 0.333. The van der Waals surface area contributed by atoms with Crippen molar-refractivity contribution in [2.45, 2.75) is 39.2 Å². The average molecular weight is 391 g/mol. The lowest BCUT2D eigenvalue weighted by molar-refractivity contribution is 0.0852. The second kappa shape index (κ2) is 7.39. The Labute approximate surface area is 169 Å². The van der Waals surface area contributed by atoms with Gasteiger partial charge in [0.15, 0.2) is 5.78 Å². The summed E-state index contributed by atoms with van der Waals surface area (Å²) in [5.74, 6) is 0.603. The van der Waals surface area contributed by atoms with Crippen LogP contribution in [-0.2, 0) is 6.42 Å². The molecule has 0 saturated heterocycles. The van der Waals surface area contributed by atoms with E-state index in [-0.39, 0.29) is 17.5 Å². The van der Waals surface area contributed by atoms with Gasteiger partial charge in [-0.15, -0.1) is 0 Å². The molecule has 3 aromatic rings. The van der Waals surface area contributed by atoms with E-state index in [1.54, 1.807) is 6.07 Å². The van der Waals surface area contributed by atoms with Crippen molar-refractivity contribution in [1.82, 2.24) is 0 Å². The van der Waals surface area contributed by atoms with E-state index in [0.29, 0.717) is 23.3 Å². The zero-order chi connectivity index (χ0) is 20.7. The molecule has 0 N–H and O–H groups in total. The van der Waals surface area contributed by atoms with Crippen LogP contribution in [0, 0.1) is 6.92 Å². The van der Waals surface area contributed by atoms with Crippen LogP contribution in [0.15, 0.2) is 45.6 Å². The molecular formula is C24H25NO4. The third kappa shape index (κ3) is 3.41. The molecule has 0 spiro atoms. The van der Waals surface area contributed by atoms with Gasteiger partial charge in [-0.1, -0.05) is 25.5 Å². The molecule has 1 atom stereocenters. The summed E-state index contributed by atoms with van der Waals surface area (Å²) in [4.78, 5) is 27.1. The lowest BCUT2D eigenvalue weighted by atomic mass is 9.90. The van der Waals surface area contributed by atoms with Crippen LogP contribution >= 0.6 is 0 Å². The Morgan fingerprint density at radius 3 is 2.48 bits per heavy atom. The minimum atomic E-state index is -0.377. The van der Waals surface area contributed by atoms with Crippen molar-refractivity contribution in [3.05, 3.63) is 69.1 Å². The molecule has 0 aliphatic carbocycles. The Morgan fingerprint density at radius 2 is 1.83 bits per heavy atom. The predicted molar refractivity (Wildman–Crippen MR) is 114 cm³/mol. The van der Waals surface area contributed by atoms with Gasteiger partial charge in [0.1, 0.15) is 17.4 Å². The van der Waals surface area contributed by atoms with Crippen molar-refractivity contribution < 1.29 is 13.9 Å². The standard InChI is InChI=1S/C24H25NO4/c1-5-6-16-12-21(27)28-20-11-14(2)22-18(26)13-19(29-24(22)23(16)20)15-7-9-17(10-8-15)25(3)4/h7-12,19H,5-6,13H2,1-4H3/t19-/m0/s1. The molecule has 4 rings (SSSR count). The maximum atomic E-state index is 13.1. The van der Waals surface area contributed by atoms with Crippen LogP contribution < -0.4 is 15.3 Å². The van der Waals surface area contributed by atoms with Crippen LogP contribution in [-0.4, -0.2) is 19.9 Å². The first-order valence-electron chi connectivity index (χ1n) is 9.96. The van der Waals surface area contributed by atoms with E-state index in [9.17, 15) is 9.59 Å². The number of hydrogen-bond donors (Lipinski definition) is 0. The van der Waals surface area contributed by atoms with Gasteiger partial charge in [0.25, 0.3) is 0 Å². The molecule has 5 heteroatoms. The van der Waals surface area contributed by atoms with E-state index in [1.807, 2.05) is 50.2 Å². The first-order valence-corrected chi connectivity index (χ1v) is 9.96. The summed E-state index contributed by atoms with van der Waals surface area (Å²) in [7, 11) is 3.98. The first kappa shape index (κ1) is 19.2. The maximum absolute atomic E-state index is 13.1. The Kier molecular flexibility index (Phi) is 4.91. The zero-order valence-electron chi connectivity index (χ0n) is 17.2. The number of rotatable bonds is 4. The van der Waals surface area contributed by atoms with E-state index in [0.717, 1.165) is 40.6 Å². The number of nitrogens with zero attached hydrogens (tertiary/aromatic N) is 1. The van der Waals surface area contributed by atoms with Gasteiger partial charge in [0, 0.05) is 25.8 Å². The molecule has 5 nitrogen and oxygen atoms in total. The Hall–Kier alpha value is -3.08. The molecule has 0 fully saturated rings. The summed E-state index contributed by atoms with van der Waals surface area (Å²) < 4.78 is 11.9. The van der Waals surface area contributed by atoms with Gasteiger partial charge in [-0.3, -0.25) is 4.79 Å². The first-order chi connectivity index (χ1) is 13.9. The molecule has 0 unspecified atom stereocenters. The summed E-state index contributed by atoms with van der Waals surface area (Å²) >= 11 is 0. The largest absolute Gasteiger partial charge is 0.484 e. The van der Waals surface area contributed by atoms with E-state index in [4.69, 9.17) is 9.15 Å². The van der Waals surface area contributed by atoms with Crippen molar-refractivity contribution in [2.24, 2.45) is 0 Å². The summed E-state index contributed by atoms with van der Waals surface area (Å²) in [6.07, 6.45) is 1.53. The maximum Gasteiger partial charge on any atom is 0.336 e. The number of carbonyl (C=O) groups excluding carboxylic acids is 1. The highest BCUT2D eigenvalue weighted by Gasteiger charge is 2.32. The van der Waals surface area contributed by atoms with Crippen molar-refractivity contribution in [1.29, 1.82) is 0 Å². The SMILES string of the molecule is CCCc1cc(=O)oc2cc(C)c3c(c12)O[C@H](c1ccc(N(C)C)cc1)CC3=O. The third-order valence-corrected chi connectivity index (χ3v) is 5.48. The Balaban J connectivity index is 1.87. The number of aryl methyl sites for hydroxylation is 2. The number of fused-ring (bicyclic) bond motifs is 3. The van der Waals surface area contributed by atoms with Crippen LogP contribution in [0.25, 0.3) is 11.0 Å². The third-order valence-electron chi connectivity index (χ3n) is 5.48. The number of Topliss-reactive ketones (excluding diaryl/α,β-unsaturated/α-hetero) is 1. The highest BCUT2D eigenvalue weighted by molar-refractivity contribution is 6.07. The second-order valence-corrected chi connectivity index (χ2v) is 7.83. The minimum absolute atomic E-state index is 0.0565. The lowest BCUT2D eigenvalue weighted by Crippen LogP contribution is -2.22. The second-order valence-electron chi connectivity index (χ2n) is 7.83. The molecule has 1 aliphatic rings. The fourth-order valence-electron chi connectivity index (χ4n) is 4.05. The summed E-state index contributed by atoms with van der Waals surface area (Å²) in [6, 6.07) is 11.4. The van der Waals surface area contributed by atoms with E-state index >= 15 is 0 Å². The quantitative estimate of drug-likeness (QED) is 0.597. The average Bonchev–Trinajstić information content (AvgIpc) is 2.67. The number of ether oxygens (including phenoxy) is 1. The topological polar surface area (TPSA) is 59.8 Å². The molecule has 0 bridgehead atoms. The lowest BCUT2D eigenvalue weighted by Gasteiger charge is -2.28. The van der Waals surface area contributed by atoms with Gasteiger partial charge in [-0.2, -0.15) is 0 Å². The normalized spacial score (nSPS) is 15.9. The minimum Gasteiger partial charge on any atom is -0.484 e. The molecule has 2 aromatic carbocycles. The van der Waals surface area contributed by atoms with Crippen LogP contribution in [0.1, 0.15) is 52.9 Å². The highest BCUT2D eigenvalue weighted by Crippen LogP contribution is 2.43. The van der Waals surface area contributed by atoms with Gasteiger partial charge >= 0.3 is 5.63 Å². The monoisotopic (exact) mass is 391 g/mol. The van der Waals surface area contributed by atoms with Crippen LogP contribution in [0.2, 0.25) is 0 Å². The summed E-state index contributed by atoms with van der Waals surface area (Å²) in [5, 5.41) is 0.745. The van der Waals surface area contributed by atoms with E-state index < -0.39 is 0 Å². The molecule has 1 aliphatic heterocycles. The number of ketones is 1. The molecule has 0 saturated carbocycles. The summed E-state index contributed by atoms with van der Waals surface area (Å²) in [5.41, 5.74) is 4.39. The number of benzene rings is 2. The van der Waals surface area contributed by atoms with Crippen molar-refractivity contribution in [3.63, 3.8) is 0 Å². The molecule has 1 aromatic heterocycles. The van der Waals surface area contributed by atoms with Crippen molar-refractivity contribution >= 4 is 22.4 Å². The van der Waals surface area contributed by atoms with Crippen molar-refractivity contribution in [2.75, 3.05) is 19.0 Å². The van der Waals surface area contributed by atoms with Gasteiger partial charge in [-0.25, -0.2) is 4.79 Å². The van der Waals surface area contributed by atoms with Crippen LogP contribution in [0.5, 0.6) is 5.75 Å². The Bertz CT molecular complexity index is 1140. The van der Waals surface area contributed by atoms with Gasteiger partial charge in [0.05, 0.1) is 17.4 Å².